The van der Waals surface area contributed by atoms with E-state index in [9.17, 15) is 19.5 Å². The van der Waals surface area contributed by atoms with E-state index >= 15 is 0 Å². The lowest BCUT2D eigenvalue weighted by atomic mass is 9.70. The number of amides is 3. The van der Waals surface area contributed by atoms with Crippen LogP contribution >= 0.6 is 15.9 Å². The van der Waals surface area contributed by atoms with Crippen LogP contribution in [-0.4, -0.2) is 70.0 Å². The number of carbonyl (C=O) groups excluding carboxylic acids is 3. The molecule has 3 aliphatic heterocycles. The molecule has 3 aliphatic rings. The van der Waals surface area contributed by atoms with Gasteiger partial charge in [-0.2, -0.15) is 0 Å². The number of hydrogen-bond donors (Lipinski definition) is 3. The van der Waals surface area contributed by atoms with Gasteiger partial charge in [0.25, 0.3) is 0 Å². The number of alkyl halides is 1. The van der Waals surface area contributed by atoms with Crippen molar-refractivity contribution < 1.29 is 24.2 Å². The molecule has 1 spiro atoms. The molecule has 9 heteroatoms. The molecule has 168 valence electrons. The minimum Gasteiger partial charge on any atom is -0.394 e. The average Bonchev–Trinajstić information content (AvgIpc) is 3.37. The molecule has 3 heterocycles. The Morgan fingerprint density at radius 3 is 2.65 bits per heavy atom. The third-order valence-electron chi connectivity index (χ3n) is 6.91. The number of ether oxygens (including phenoxy) is 1. The number of nitrogens with one attached hydrogen (secondary N) is 2. The van der Waals surface area contributed by atoms with E-state index in [0.29, 0.717) is 19.4 Å². The van der Waals surface area contributed by atoms with Crippen LogP contribution in [0.15, 0.2) is 30.3 Å². The van der Waals surface area contributed by atoms with Crippen molar-refractivity contribution in [2.24, 2.45) is 11.8 Å². The number of hydrogen-bond acceptors (Lipinski definition) is 5. The van der Waals surface area contributed by atoms with Gasteiger partial charge in [-0.1, -0.05) is 53.2 Å². The van der Waals surface area contributed by atoms with Crippen LogP contribution in [0.5, 0.6) is 0 Å². The number of fused-ring (bicyclic) bond motifs is 1. The van der Waals surface area contributed by atoms with Crippen molar-refractivity contribution in [1.82, 2.24) is 15.5 Å². The summed E-state index contributed by atoms with van der Waals surface area (Å²) >= 11 is 3.61. The molecule has 3 fully saturated rings. The molecular formula is C22H28BrN3O5. The first kappa shape index (κ1) is 22.2. The summed E-state index contributed by atoms with van der Waals surface area (Å²) in [6.45, 7) is 1.91. The zero-order valence-electron chi connectivity index (χ0n) is 17.6. The lowest BCUT2D eigenvalue weighted by Crippen LogP contribution is -2.58. The van der Waals surface area contributed by atoms with Gasteiger partial charge in [-0.05, 0) is 18.4 Å². The maximum atomic E-state index is 13.6. The number of aliphatic hydroxyl groups is 1. The molecule has 3 saturated heterocycles. The molecule has 3 N–H and O–H groups in total. The van der Waals surface area contributed by atoms with E-state index in [1.807, 2.05) is 37.3 Å². The lowest BCUT2D eigenvalue weighted by molar-refractivity contribution is -0.145. The van der Waals surface area contributed by atoms with E-state index in [2.05, 4.69) is 26.6 Å². The van der Waals surface area contributed by atoms with Crippen molar-refractivity contribution in [3.8, 4) is 0 Å². The predicted octanol–water partition coefficient (Wildman–Crippen LogP) is 0.568. The van der Waals surface area contributed by atoms with Crippen LogP contribution in [0.3, 0.4) is 0 Å². The Morgan fingerprint density at radius 2 is 2.03 bits per heavy atom. The maximum absolute atomic E-state index is 13.6. The number of likely N-dealkylation sites (tertiary alicyclic amines) is 1. The number of rotatable bonds is 7. The molecule has 1 aromatic carbocycles. The molecule has 7 atom stereocenters. The molecular weight excluding hydrogens is 466 g/mol. The van der Waals surface area contributed by atoms with Gasteiger partial charge < -0.3 is 25.4 Å². The summed E-state index contributed by atoms with van der Waals surface area (Å²) in [5, 5.41) is 15.6. The Balaban J connectivity index is 1.70. The number of aliphatic hydroxyl groups excluding tert-OH is 1. The molecule has 0 aliphatic carbocycles. The SMILES string of the molecule is CC[C@@H](CO)N1C(=O)[C@@H]2[C@H](C(=O)NC)[C@H]3OC2(CC3Br)C1C(=O)NCc1ccccc1. The highest BCUT2D eigenvalue weighted by atomic mass is 79.9. The number of halogens is 1. The molecule has 1 aromatic rings. The van der Waals surface area contributed by atoms with E-state index in [1.165, 1.54) is 11.9 Å². The van der Waals surface area contributed by atoms with Crippen molar-refractivity contribution in [2.75, 3.05) is 13.7 Å². The fraction of sp³-hybridized carbons (Fsp3) is 0.591. The van der Waals surface area contributed by atoms with Gasteiger partial charge in [0.1, 0.15) is 11.6 Å². The molecule has 2 bridgehead atoms. The number of nitrogens with zero attached hydrogens (tertiary/aromatic N) is 1. The second-order valence-corrected chi connectivity index (χ2v) is 9.65. The standard InChI is InChI=1S/C22H28BrN3O5/c1-3-13(11-27)26-18(20(29)25-10-12-7-5-4-6-8-12)22-9-14(23)17(31-22)15(19(28)24-2)16(22)21(26)30/h4-8,13-18,27H,3,9-11H2,1-2H3,(H,24,28)(H,25,29)/t13-,14?,15-,16-,17-,18?,22?/m0/s1. The summed E-state index contributed by atoms with van der Waals surface area (Å²) in [6, 6.07) is 8.08. The first-order valence-electron chi connectivity index (χ1n) is 10.7. The molecule has 0 radical (unpaired) electrons. The topological polar surface area (TPSA) is 108 Å². The van der Waals surface area contributed by atoms with Gasteiger partial charge in [-0.3, -0.25) is 14.4 Å². The van der Waals surface area contributed by atoms with E-state index in [4.69, 9.17) is 4.74 Å². The van der Waals surface area contributed by atoms with Crippen LogP contribution in [0.2, 0.25) is 0 Å². The van der Waals surface area contributed by atoms with Crippen molar-refractivity contribution >= 4 is 33.7 Å². The van der Waals surface area contributed by atoms with Crippen LogP contribution in [0.1, 0.15) is 25.3 Å². The van der Waals surface area contributed by atoms with Gasteiger partial charge >= 0.3 is 0 Å². The summed E-state index contributed by atoms with van der Waals surface area (Å²) < 4.78 is 6.34. The fourth-order valence-corrected chi connectivity index (χ4v) is 6.46. The number of benzene rings is 1. The molecule has 3 unspecified atom stereocenters. The quantitative estimate of drug-likeness (QED) is 0.481. The van der Waals surface area contributed by atoms with Crippen LogP contribution in [-0.2, 0) is 25.7 Å². The van der Waals surface area contributed by atoms with E-state index < -0.39 is 35.6 Å². The maximum Gasteiger partial charge on any atom is 0.246 e. The summed E-state index contributed by atoms with van der Waals surface area (Å²) in [5.74, 6) is -2.32. The Labute approximate surface area is 189 Å². The van der Waals surface area contributed by atoms with Gasteiger partial charge in [-0.15, -0.1) is 0 Å². The van der Waals surface area contributed by atoms with Gasteiger partial charge in [0.2, 0.25) is 17.7 Å². The largest absolute Gasteiger partial charge is 0.394 e. The highest BCUT2D eigenvalue weighted by molar-refractivity contribution is 9.09. The van der Waals surface area contributed by atoms with Gasteiger partial charge in [-0.25, -0.2) is 0 Å². The van der Waals surface area contributed by atoms with Gasteiger partial charge in [0.15, 0.2) is 0 Å². The Morgan fingerprint density at radius 1 is 1.32 bits per heavy atom. The van der Waals surface area contributed by atoms with Crippen LogP contribution in [0.25, 0.3) is 0 Å². The summed E-state index contributed by atoms with van der Waals surface area (Å²) in [7, 11) is 1.54. The van der Waals surface area contributed by atoms with Crippen molar-refractivity contribution in [3.05, 3.63) is 35.9 Å². The highest BCUT2D eigenvalue weighted by Crippen LogP contribution is 2.60. The number of carbonyl (C=O) groups is 3. The molecule has 8 nitrogen and oxygen atoms in total. The van der Waals surface area contributed by atoms with Crippen LogP contribution < -0.4 is 10.6 Å². The zero-order chi connectivity index (χ0) is 22.3. The summed E-state index contributed by atoms with van der Waals surface area (Å²) in [5.41, 5.74) is -0.163. The van der Waals surface area contributed by atoms with Crippen molar-refractivity contribution in [1.29, 1.82) is 0 Å². The third kappa shape index (κ3) is 3.37. The van der Waals surface area contributed by atoms with Gasteiger partial charge in [0.05, 0.1) is 30.6 Å². The highest BCUT2D eigenvalue weighted by Gasteiger charge is 2.76. The Hall–Kier alpha value is -1.97. The molecule has 31 heavy (non-hydrogen) atoms. The van der Waals surface area contributed by atoms with E-state index in [0.717, 1.165) is 5.56 Å². The smallest absolute Gasteiger partial charge is 0.246 e. The molecule has 3 amide bonds. The Bertz CT molecular complexity index is 864. The molecule has 0 aromatic heterocycles. The fourth-order valence-electron chi connectivity index (χ4n) is 5.52. The Kier molecular flexibility index (Phi) is 6.11. The van der Waals surface area contributed by atoms with Crippen LogP contribution in [0.4, 0.5) is 0 Å². The first-order chi connectivity index (χ1) is 14.9. The second-order valence-electron chi connectivity index (χ2n) is 8.47. The van der Waals surface area contributed by atoms with Gasteiger partial charge in [0, 0.05) is 18.4 Å². The second kappa shape index (κ2) is 8.52. The van der Waals surface area contributed by atoms with E-state index in [1.54, 1.807) is 0 Å². The molecule has 4 rings (SSSR count). The zero-order valence-corrected chi connectivity index (χ0v) is 19.2. The third-order valence-corrected chi connectivity index (χ3v) is 7.75. The van der Waals surface area contributed by atoms with Crippen molar-refractivity contribution in [2.45, 2.75) is 54.9 Å². The minimum atomic E-state index is -1.10. The summed E-state index contributed by atoms with van der Waals surface area (Å²) in [4.78, 5) is 41.2. The molecule has 0 saturated carbocycles. The predicted molar refractivity (Wildman–Crippen MR) is 116 cm³/mol. The summed E-state index contributed by atoms with van der Waals surface area (Å²) in [6.07, 6.45) is 0.456. The average molecular weight is 494 g/mol. The van der Waals surface area contributed by atoms with E-state index in [-0.39, 0.29) is 29.2 Å². The lowest BCUT2D eigenvalue weighted by Gasteiger charge is -2.36. The minimum absolute atomic E-state index is 0.141. The first-order valence-corrected chi connectivity index (χ1v) is 11.6. The van der Waals surface area contributed by atoms with Crippen LogP contribution in [0, 0.1) is 11.8 Å². The van der Waals surface area contributed by atoms with Crippen molar-refractivity contribution in [3.63, 3.8) is 0 Å². The normalized spacial score (nSPS) is 34.5. The monoisotopic (exact) mass is 493 g/mol.